The van der Waals surface area contributed by atoms with Crippen LogP contribution in [0.4, 0.5) is 0 Å². The Balaban J connectivity index is 2.51. The summed E-state index contributed by atoms with van der Waals surface area (Å²) in [5.41, 5.74) is 1.63. The number of hydrogen-bond donors (Lipinski definition) is 0. The van der Waals surface area contributed by atoms with E-state index in [1.165, 1.54) is 0 Å². The number of carbonyl (C=O) groups excluding carboxylic acids is 1. The van der Waals surface area contributed by atoms with E-state index < -0.39 is 0 Å². The second-order valence-corrected chi connectivity index (χ2v) is 3.59. The van der Waals surface area contributed by atoms with Crippen LogP contribution in [-0.2, 0) is 11.2 Å². The van der Waals surface area contributed by atoms with Crippen LogP contribution >= 0.6 is 0 Å². The van der Waals surface area contributed by atoms with Gasteiger partial charge >= 0.3 is 0 Å². The highest BCUT2D eigenvalue weighted by Gasteiger charge is 2.19. The highest BCUT2D eigenvalue weighted by Crippen LogP contribution is 2.31. The number of ketones is 1. The molecule has 1 heterocycles. The zero-order valence-corrected chi connectivity index (χ0v) is 9.41. The summed E-state index contributed by atoms with van der Waals surface area (Å²) in [5, 5.41) is 0. The van der Waals surface area contributed by atoms with Crippen molar-refractivity contribution in [1.29, 1.82) is 0 Å². The summed E-state index contributed by atoms with van der Waals surface area (Å²) in [6, 6.07) is 3.58. The van der Waals surface area contributed by atoms with E-state index in [1.54, 1.807) is 20.3 Å². The number of fused-ring (bicyclic) bond motifs is 1. The number of Topliss-reactive ketones (excluding diaryl/α,β-unsaturated/α-hetero) is 1. The first-order valence-electron chi connectivity index (χ1n) is 5.12. The average molecular weight is 222 g/mol. The van der Waals surface area contributed by atoms with E-state index >= 15 is 0 Å². The number of ether oxygens (including phenoxy) is 3. The first-order valence-corrected chi connectivity index (χ1v) is 5.12. The first kappa shape index (κ1) is 11.0. The Kier molecular flexibility index (Phi) is 3.10. The molecule has 0 radical (unpaired) electrons. The van der Waals surface area contributed by atoms with Crippen molar-refractivity contribution in [3.63, 3.8) is 0 Å². The lowest BCUT2D eigenvalue weighted by molar-refractivity contribution is 0.0788. The third-order valence-electron chi connectivity index (χ3n) is 2.66. The number of carbonyl (C=O) groups is 1. The number of rotatable bonds is 2. The molecule has 0 aliphatic carbocycles. The molecule has 4 heteroatoms. The molecule has 0 amide bonds. The van der Waals surface area contributed by atoms with Crippen molar-refractivity contribution in [3.8, 4) is 11.5 Å². The summed E-state index contributed by atoms with van der Waals surface area (Å²) in [7, 11) is 3.14. The molecule has 0 bridgehead atoms. The fraction of sp³-hybridized carbons (Fsp3) is 0.417. The second kappa shape index (κ2) is 4.53. The van der Waals surface area contributed by atoms with Gasteiger partial charge in [0.05, 0.1) is 20.8 Å². The maximum Gasteiger partial charge on any atom is 0.188 e. The average Bonchev–Trinajstić information content (AvgIpc) is 2.49. The minimum absolute atomic E-state index is 0.00606. The van der Waals surface area contributed by atoms with Gasteiger partial charge in [0.15, 0.2) is 17.3 Å². The van der Waals surface area contributed by atoms with Gasteiger partial charge in [-0.1, -0.05) is 0 Å². The van der Waals surface area contributed by atoms with Crippen molar-refractivity contribution in [1.82, 2.24) is 0 Å². The molecule has 1 aliphatic rings. The van der Waals surface area contributed by atoms with Gasteiger partial charge < -0.3 is 14.2 Å². The van der Waals surface area contributed by atoms with Gasteiger partial charge in [0, 0.05) is 5.56 Å². The molecule has 0 saturated heterocycles. The van der Waals surface area contributed by atoms with Crippen LogP contribution in [0, 0.1) is 0 Å². The molecular formula is C12H14O4. The van der Waals surface area contributed by atoms with Gasteiger partial charge in [0.1, 0.15) is 6.61 Å². The summed E-state index contributed by atoms with van der Waals surface area (Å²) in [6.45, 7) is 0.705. The Bertz CT molecular complexity index is 412. The van der Waals surface area contributed by atoms with Crippen LogP contribution in [0.1, 0.15) is 15.9 Å². The summed E-state index contributed by atoms with van der Waals surface area (Å²) >= 11 is 0. The van der Waals surface area contributed by atoms with Crippen molar-refractivity contribution in [2.24, 2.45) is 0 Å². The van der Waals surface area contributed by atoms with E-state index in [2.05, 4.69) is 0 Å². The summed E-state index contributed by atoms with van der Waals surface area (Å²) in [6.07, 6.45) is 0.724. The van der Waals surface area contributed by atoms with Gasteiger partial charge in [-0.3, -0.25) is 4.79 Å². The van der Waals surface area contributed by atoms with Crippen molar-refractivity contribution in [2.75, 3.05) is 27.4 Å². The molecule has 0 atom stereocenters. The SMILES string of the molecule is COc1cc2c(cc1OC)C(=O)COCC2. The molecule has 0 spiro atoms. The van der Waals surface area contributed by atoms with Crippen LogP contribution in [0.2, 0.25) is 0 Å². The van der Waals surface area contributed by atoms with E-state index in [4.69, 9.17) is 14.2 Å². The van der Waals surface area contributed by atoms with Crippen molar-refractivity contribution >= 4 is 5.78 Å². The van der Waals surface area contributed by atoms with Crippen LogP contribution in [0.3, 0.4) is 0 Å². The predicted molar refractivity (Wildman–Crippen MR) is 58.4 cm³/mol. The van der Waals surface area contributed by atoms with E-state index in [9.17, 15) is 4.79 Å². The number of benzene rings is 1. The maximum atomic E-state index is 11.8. The lowest BCUT2D eigenvalue weighted by Crippen LogP contribution is -2.07. The monoisotopic (exact) mass is 222 g/mol. The minimum Gasteiger partial charge on any atom is -0.493 e. The Hall–Kier alpha value is -1.55. The maximum absolute atomic E-state index is 11.8. The fourth-order valence-corrected chi connectivity index (χ4v) is 1.81. The molecule has 86 valence electrons. The van der Waals surface area contributed by atoms with Crippen molar-refractivity contribution in [3.05, 3.63) is 23.3 Å². The van der Waals surface area contributed by atoms with E-state index in [1.807, 2.05) is 6.07 Å². The van der Waals surface area contributed by atoms with Gasteiger partial charge in [-0.05, 0) is 24.1 Å². The summed E-state index contributed by atoms with van der Waals surface area (Å²) < 4.78 is 15.6. The first-order chi connectivity index (χ1) is 7.76. The molecule has 1 aromatic rings. The quantitative estimate of drug-likeness (QED) is 0.760. The molecule has 1 aromatic carbocycles. The number of hydrogen-bond acceptors (Lipinski definition) is 4. The summed E-state index contributed by atoms with van der Waals surface area (Å²) in [4.78, 5) is 11.8. The molecule has 0 saturated carbocycles. The van der Waals surface area contributed by atoms with Crippen molar-refractivity contribution < 1.29 is 19.0 Å². The van der Waals surface area contributed by atoms with Crippen LogP contribution in [0.15, 0.2) is 12.1 Å². The highest BCUT2D eigenvalue weighted by atomic mass is 16.5. The highest BCUT2D eigenvalue weighted by molar-refractivity contribution is 5.99. The molecule has 16 heavy (non-hydrogen) atoms. The lowest BCUT2D eigenvalue weighted by Gasteiger charge is -2.11. The minimum atomic E-state index is -0.00606. The standard InChI is InChI=1S/C12H14O4/c1-14-11-5-8-3-4-16-7-10(13)9(8)6-12(11)15-2/h5-6H,3-4,7H2,1-2H3. The molecule has 0 aromatic heterocycles. The molecule has 0 unspecified atom stereocenters. The van der Waals surface area contributed by atoms with E-state index in [0.29, 0.717) is 23.7 Å². The predicted octanol–water partition coefficient (Wildman–Crippen LogP) is 1.46. The van der Waals surface area contributed by atoms with Gasteiger partial charge in [-0.2, -0.15) is 0 Å². The topological polar surface area (TPSA) is 44.8 Å². The lowest BCUT2D eigenvalue weighted by atomic mass is 10.0. The van der Waals surface area contributed by atoms with E-state index in [0.717, 1.165) is 12.0 Å². The third-order valence-corrected chi connectivity index (χ3v) is 2.66. The number of methoxy groups -OCH3 is 2. The largest absolute Gasteiger partial charge is 0.493 e. The van der Waals surface area contributed by atoms with Gasteiger partial charge in [0.25, 0.3) is 0 Å². The zero-order chi connectivity index (χ0) is 11.5. The molecule has 2 rings (SSSR count). The van der Waals surface area contributed by atoms with Crippen LogP contribution < -0.4 is 9.47 Å². The van der Waals surface area contributed by atoms with Crippen LogP contribution in [-0.4, -0.2) is 33.2 Å². The molecule has 0 fully saturated rings. The summed E-state index contributed by atoms with van der Waals surface area (Å²) in [5.74, 6) is 1.22. The molecule has 0 N–H and O–H groups in total. The Labute approximate surface area is 94.1 Å². The Morgan fingerprint density at radius 3 is 2.56 bits per heavy atom. The third kappa shape index (κ3) is 1.88. The van der Waals surface area contributed by atoms with Crippen molar-refractivity contribution in [2.45, 2.75) is 6.42 Å². The Morgan fingerprint density at radius 2 is 1.88 bits per heavy atom. The molecular weight excluding hydrogens is 208 g/mol. The zero-order valence-electron chi connectivity index (χ0n) is 9.41. The fourth-order valence-electron chi connectivity index (χ4n) is 1.81. The van der Waals surface area contributed by atoms with Gasteiger partial charge in [0.2, 0.25) is 0 Å². The van der Waals surface area contributed by atoms with Gasteiger partial charge in [-0.25, -0.2) is 0 Å². The molecule has 4 nitrogen and oxygen atoms in total. The van der Waals surface area contributed by atoms with E-state index in [-0.39, 0.29) is 12.4 Å². The van der Waals surface area contributed by atoms with Crippen LogP contribution in [0.25, 0.3) is 0 Å². The van der Waals surface area contributed by atoms with Crippen LogP contribution in [0.5, 0.6) is 11.5 Å². The Morgan fingerprint density at radius 1 is 1.19 bits per heavy atom. The second-order valence-electron chi connectivity index (χ2n) is 3.59. The normalized spacial score (nSPS) is 15.2. The molecule has 1 aliphatic heterocycles. The van der Waals surface area contributed by atoms with Gasteiger partial charge in [-0.15, -0.1) is 0 Å². The smallest absolute Gasteiger partial charge is 0.188 e.